The van der Waals surface area contributed by atoms with Gasteiger partial charge in [0.15, 0.2) is 11.5 Å². The van der Waals surface area contributed by atoms with Crippen LogP contribution >= 0.6 is 0 Å². The van der Waals surface area contributed by atoms with Crippen LogP contribution in [0.1, 0.15) is 16.2 Å². The maximum Gasteiger partial charge on any atom is 0.274 e. The van der Waals surface area contributed by atoms with Crippen molar-refractivity contribution in [2.75, 3.05) is 12.5 Å². The van der Waals surface area contributed by atoms with Gasteiger partial charge in [0.25, 0.3) is 5.91 Å². The molecule has 0 atom stereocenters. The molecular formula is C12H14N6O. The maximum absolute atomic E-state index is 12.1. The van der Waals surface area contributed by atoms with E-state index in [-0.39, 0.29) is 11.6 Å². The first-order chi connectivity index (χ1) is 9.20. The molecule has 2 heterocycles. The minimum absolute atomic E-state index is 0.221. The molecule has 7 nitrogen and oxygen atoms in total. The average Bonchev–Trinajstić information content (AvgIpc) is 2.47. The Morgan fingerprint density at radius 1 is 1.32 bits per heavy atom. The molecule has 0 saturated heterocycles. The first-order valence-electron chi connectivity index (χ1n) is 5.66. The van der Waals surface area contributed by atoms with Gasteiger partial charge < -0.3 is 10.3 Å². The second-order valence-electron chi connectivity index (χ2n) is 3.93. The summed E-state index contributed by atoms with van der Waals surface area (Å²) >= 11 is 0. The molecular weight excluding hydrogens is 244 g/mol. The van der Waals surface area contributed by atoms with Gasteiger partial charge in [0.05, 0.1) is 12.2 Å². The Kier molecular flexibility index (Phi) is 3.99. The fraction of sp³-hybridized carbons (Fsp3) is 0.167. The molecule has 1 amide bonds. The molecule has 0 saturated carbocycles. The highest BCUT2D eigenvalue weighted by Crippen LogP contribution is 2.06. The highest BCUT2D eigenvalue weighted by molar-refractivity contribution is 5.92. The van der Waals surface area contributed by atoms with Crippen LogP contribution < -0.4 is 11.3 Å². The summed E-state index contributed by atoms with van der Waals surface area (Å²) in [4.78, 5) is 17.8. The third-order valence-corrected chi connectivity index (χ3v) is 2.50. The zero-order chi connectivity index (χ0) is 13.7. The molecule has 0 aliphatic rings. The van der Waals surface area contributed by atoms with Crippen molar-refractivity contribution in [3.63, 3.8) is 0 Å². The number of nitrogens with one attached hydrogen (secondary N) is 1. The van der Waals surface area contributed by atoms with E-state index in [0.717, 1.165) is 5.69 Å². The van der Waals surface area contributed by atoms with Crippen molar-refractivity contribution in [1.82, 2.24) is 20.1 Å². The van der Waals surface area contributed by atoms with Crippen molar-refractivity contribution in [2.24, 2.45) is 5.84 Å². The Morgan fingerprint density at radius 3 is 2.74 bits per heavy atom. The fourth-order valence-corrected chi connectivity index (χ4v) is 1.53. The SMILES string of the molecule is CN(Cc1ccccn1)C(=O)c1ccc(NN)nn1. The third-order valence-electron chi connectivity index (χ3n) is 2.50. The summed E-state index contributed by atoms with van der Waals surface area (Å²) in [5.41, 5.74) is 3.43. The van der Waals surface area contributed by atoms with Gasteiger partial charge in [-0.3, -0.25) is 9.78 Å². The number of anilines is 1. The van der Waals surface area contributed by atoms with E-state index in [2.05, 4.69) is 20.6 Å². The minimum atomic E-state index is -0.221. The Bertz CT molecular complexity index is 542. The van der Waals surface area contributed by atoms with Crippen LogP contribution in [0, 0.1) is 0 Å². The van der Waals surface area contributed by atoms with Crippen molar-refractivity contribution in [2.45, 2.75) is 6.54 Å². The molecule has 2 rings (SSSR count). The number of nitrogens with two attached hydrogens (primary N) is 1. The summed E-state index contributed by atoms with van der Waals surface area (Å²) in [6.45, 7) is 0.415. The van der Waals surface area contributed by atoms with E-state index in [4.69, 9.17) is 5.84 Å². The van der Waals surface area contributed by atoms with E-state index >= 15 is 0 Å². The van der Waals surface area contributed by atoms with E-state index in [1.165, 1.54) is 4.90 Å². The number of hydrogen-bond acceptors (Lipinski definition) is 6. The summed E-state index contributed by atoms with van der Waals surface area (Å²) in [6.07, 6.45) is 1.69. The van der Waals surface area contributed by atoms with E-state index in [9.17, 15) is 4.79 Å². The van der Waals surface area contributed by atoms with Crippen molar-refractivity contribution >= 4 is 11.7 Å². The molecule has 19 heavy (non-hydrogen) atoms. The number of hydrazine groups is 1. The largest absolute Gasteiger partial charge is 0.334 e. The molecule has 2 aromatic rings. The van der Waals surface area contributed by atoms with Gasteiger partial charge in [0.1, 0.15) is 0 Å². The first kappa shape index (κ1) is 12.9. The lowest BCUT2D eigenvalue weighted by atomic mass is 10.3. The second-order valence-corrected chi connectivity index (χ2v) is 3.93. The minimum Gasteiger partial charge on any atom is -0.334 e. The Labute approximate surface area is 110 Å². The average molecular weight is 258 g/mol. The van der Waals surface area contributed by atoms with Gasteiger partial charge in [0, 0.05) is 13.2 Å². The Morgan fingerprint density at radius 2 is 2.16 bits per heavy atom. The lowest BCUT2D eigenvalue weighted by Gasteiger charge is -2.15. The highest BCUT2D eigenvalue weighted by atomic mass is 16.2. The number of pyridine rings is 1. The molecule has 0 aliphatic heterocycles. The third kappa shape index (κ3) is 3.23. The normalized spacial score (nSPS) is 10.0. The topological polar surface area (TPSA) is 97.0 Å². The van der Waals surface area contributed by atoms with E-state index in [1.54, 1.807) is 25.4 Å². The zero-order valence-electron chi connectivity index (χ0n) is 10.4. The molecule has 2 aromatic heterocycles. The maximum atomic E-state index is 12.1. The summed E-state index contributed by atoms with van der Waals surface area (Å²) < 4.78 is 0. The van der Waals surface area contributed by atoms with Gasteiger partial charge >= 0.3 is 0 Å². The van der Waals surface area contributed by atoms with Gasteiger partial charge in [-0.15, -0.1) is 10.2 Å². The van der Waals surface area contributed by atoms with Crippen LogP contribution in [0.3, 0.4) is 0 Å². The van der Waals surface area contributed by atoms with Gasteiger partial charge in [0.2, 0.25) is 0 Å². The van der Waals surface area contributed by atoms with E-state index in [0.29, 0.717) is 12.4 Å². The number of rotatable bonds is 4. The fourth-order valence-electron chi connectivity index (χ4n) is 1.53. The molecule has 98 valence electrons. The molecule has 3 N–H and O–H groups in total. The lowest BCUT2D eigenvalue weighted by Crippen LogP contribution is -2.27. The Hall–Kier alpha value is -2.54. The monoisotopic (exact) mass is 258 g/mol. The van der Waals surface area contributed by atoms with E-state index < -0.39 is 0 Å². The molecule has 0 spiro atoms. The molecule has 0 aromatic carbocycles. The quantitative estimate of drug-likeness (QED) is 0.609. The second kappa shape index (κ2) is 5.87. The van der Waals surface area contributed by atoms with Crippen molar-refractivity contribution in [3.05, 3.63) is 47.9 Å². The predicted octanol–water partition coefficient (Wildman–Crippen LogP) is 0.429. The van der Waals surface area contributed by atoms with Crippen LogP contribution in [-0.2, 0) is 6.54 Å². The number of nitrogens with zero attached hydrogens (tertiary/aromatic N) is 4. The molecule has 0 unspecified atom stereocenters. The number of hydrogen-bond donors (Lipinski definition) is 2. The van der Waals surface area contributed by atoms with E-state index in [1.807, 2.05) is 18.2 Å². The van der Waals surface area contributed by atoms with Gasteiger partial charge in [-0.2, -0.15) is 0 Å². The molecule has 0 radical (unpaired) electrons. The van der Waals surface area contributed by atoms with Crippen LogP contribution in [0.15, 0.2) is 36.5 Å². The standard InChI is InChI=1S/C12H14N6O/c1-18(8-9-4-2-3-7-14-9)12(19)10-5-6-11(15-13)17-16-10/h2-7H,8,13H2,1H3,(H,15,17). The number of carbonyl (C=O) groups excluding carboxylic acids is 1. The summed E-state index contributed by atoms with van der Waals surface area (Å²) in [7, 11) is 1.69. The van der Waals surface area contributed by atoms with Crippen LogP contribution in [0.5, 0.6) is 0 Å². The molecule has 0 fully saturated rings. The van der Waals surface area contributed by atoms with Crippen molar-refractivity contribution in [3.8, 4) is 0 Å². The summed E-state index contributed by atoms with van der Waals surface area (Å²) in [5.74, 6) is 5.37. The number of amides is 1. The van der Waals surface area contributed by atoms with Crippen LogP contribution in [-0.4, -0.2) is 33.0 Å². The highest BCUT2D eigenvalue weighted by Gasteiger charge is 2.14. The predicted molar refractivity (Wildman–Crippen MR) is 69.9 cm³/mol. The van der Waals surface area contributed by atoms with Crippen molar-refractivity contribution in [1.29, 1.82) is 0 Å². The zero-order valence-corrected chi connectivity index (χ0v) is 10.4. The number of nitrogen functional groups attached to an aromatic ring is 1. The van der Waals surface area contributed by atoms with Gasteiger partial charge in [-0.25, -0.2) is 5.84 Å². The van der Waals surface area contributed by atoms with Crippen LogP contribution in [0.4, 0.5) is 5.82 Å². The smallest absolute Gasteiger partial charge is 0.274 e. The summed E-state index contributed by atoms with van der Waals surface area (Å²) in [5, 5.41) is 7.57. The summed E-state index contributed by atoms with van der Waals surface area (Å²) in [6, 6.07) is 8.72. The molecule has 7 heteroatoms. The number of carbonyl (C=O) groups is 1. The van der Waals surface area contributed by atoms with Crippen LogP contribution in [0.25, 0.3) is 0 Å². The van der Waals surface area contributed by atoms with Crippen molar-refractivity contribution < 1.29 is 4.79 Å². The van der Waals surface area contributed by atoms with Gasteiger partial charge in [-0.05, 0) is 24.3 Å². The Balaban J connectivity index is 2.06. The number of aromatic nitrogens is 3. The molecule has 0 aliphatic carbocycles. The lowest BCUT2D eigenvalue weighted by molar-refractivity contribution is 0.0776. The van der Waals surface area contributed by atoms with Crippen LogP contribution in [0.2, 0.25) is 0 Å². The van der Waals surface area contributed by atoms with Gasteiger partial charge in [-0.1, -0.05) is 6.07 Å². The molecule has 0 bridgehead atoms. The first-order valence-corrected chi connectivity index (χ1v) is 5.66.